The highest BCUT2D eigenvalue weighted by atomic mass is 16.5. The number of hydrogen-bond acceptors (Lipinski definition) is 3. The molecule has 1 saturated heterocycles. The summed E-state index contributed by atoms with van der Waals surface area (Å²) in [6, 6.07) is 5.56. The van der Waals surface area contributed by atoms with Crippen molar-refractivity contribution < 1.29 is 19.5 Å². The van der Waals surface area contributed by atoms with Gasteiger partial charge in [0, 0.05) is 18.7 Å². The molecule has 1 fully saturated rings. The van der Waals surface area contributed by atoms with Crippen LogP contribution in [-0.2, 0) is 11.3 Å². The van der Waals surface area contributed by atoms with Crippen LogP contribution in [0.4, 0.5) is 0 Å². The van der Waals surface area contributed by atoms with Gasteiger partial charge in [-0.2, -0.15) is 0 Å². The van der Waals surface area contributed by atoms with Crippen LogP contribution in [0, 0.1) is 5.92 Å². The van der Waals surface area contributed by atoms with Gasteiger partial charge in [-0.3, -0.25) is 4.79 Å². The summed E-state index contributed by atoms with van der Waals surface area (Å²) in [7, 11) is 0. The molecule has 1 aromatic carbocycles. The monoisotopic (exact) mass is 335 g/mol. The van der Waals surface area contributed by atoms with Gasteiger partial charge in [-0.15, -0.1) is 0 Å². The molecule has 0 aliphatic carbocycles. The summed E-state index contributed by atoms with van der Waals surface area (Å²) in [5.74, 6) is 1.17. The van der Waals surface area contributed by atoms with Gasteiger partial charge in [0.15, 0.2) is 11.5 Å². The van der Waals surface area contributed by atoms with Crippen molar-refractivity contribution in [1.29, 1.82) is 0 Å². The first-order chi connectivity index (χ1) is 11.6. The van der Waals surface area contributed by atoms with Gasteiger partial charge in [0.05, 0.1) is 25.6 Å². The SMILES string of the molecule is CCOc1cc(C[NH+]2CCC[C@H](C(=O)N(CC)CC)C2)ccc1O. The number of rotatable bonds is 7. The lowest BCUT2D eigenvalue weighted by molar-refractivity contribution is -0.921. The molecule has 24 heavy (non-hydrogen) atoms. The summed E-state index contributed by atoms with van der Waals surface area (Å²) in [4.78, 5) is 16.0. The molecule has 0 saturated carbocycles. The van der Waals surface area contributed by atoms with Crippen LogP contribution in [0.15, 0.2) is 18.2 Å². The van der Waals surface area contributed by atoms with Crippen molar-refractivity contribution in [1.82, 2.24) is 4.90 Å². The first kappa shape index (κ1) is 18.6. The molecule has 2 rings (SSSR count). The van der Waals surface area contributed by atoms with E-state index < -0.39 is 0 Å². The molecule has 0 bridgehead atoms. The van der Waals surface area contributed by atoms with Gasteiger partial charge in [-0.25, -0.2) is 0 Å². The van der Waals surface area contributed by atoms with Crippen molar-refractivity contribution in [3.63, 3.8) is 0 Å². The van der Waals surface area contributed by atoms with E-state index in [2.05, 4.69) is 0 Å². The second kappa shape index (κ2) is 8.92. The minimum Gasteiger partial charge on any atom is -0.504 e. The molecule has 2 atom stereocenters. The number of carbonyl (C=O) groups is 1. The molecule has 1 aliphatic heterocycles. The summed E-state index contributed by atoms with van der Waals surface area (Å²) < 4.78 is 5.47. The summed E-state index contributed by atoms with van der Waals surface area (Å²) in [5.41, 5.74) is 1.14. The molecule has 0 aromatic heterocycles. The lowest BCUT2D eigenvalue weighted by atomic mass is 9.96. The van der Waals surface area contributed by atoms with Crippen LogP contribution in [0.5, 0.6) is 11.5 Å². The lowest BCUT2D eigenvalue weighted by Gasteiger charge is -2.32. The van der Waals surface area contributed by atoms with Gasteiger partial charge < -0.3 is 19.6 Å². The quantitative estimate of drug-likeness (QED) is 0.793. The van der Waals surface area contributed by atoms with E-state index in [1.807, 2.05) is 37.8 Å². The van der Waals surface area contributed by atoms with Crippen molar-refractivity contribution >= 4 is 5.91 Å². The molecule has 1 unspecified atom stereocenters. The molecule has 1 aromatic rings. The highest BCUT2D eigenvalue weighted by molar-refractivity contribution is 5.78. The number of phenolic OH excluding ortho intramolecular Hbond substituents is 1. The van der Waals surface area contributed by atoms with E-state index in [0.29, 0.717) is 18.3 Å². The largest absolute Gasteiger partial charge is 0.504 e. The number of ether oxygens (including phenoxy) is 1. The molecule has 2 N–H and O–H groups in total. The van der Waals surface area contributed by atoms with Gasteiger partial charge in [-0.1, -0.05) is 0 Å². The summed E-state index contributed by atoms with van der Waals surface area (Å²) in [6.45, 7) is 10.9. The van der Waals surface area contributed by atoms with Crippen molar-refractivity contribution in [2.75, 3.05) is 32.8 Å². The summed E-state index contributed by atoms with van der Waals surface area (Å²) in [5, 5.41) is 9.82. The fourth-order valence-electron chi connectivity index (χ4n) is 3.54. The Bertz CT molecular complexity index is 543. The number of nitrogens with zero attached hydrogens (tertiary/aromatic N) is 1. The zero-order valence-electron chi connectivity index (χ0n) is 15.2. The normalized spacial score (nSPS) is 20.6. The maximum Gasteiger partial charge on any atom is 0.231 e. The van der Waals surface area contributed by atoms with E-state index in [1.165, 1.54) is 4.90 Å². The third-order valence-electron chi connectivity index (χ3n) is 4.82. The second-order valence-corrected chi connectivity index (χ2v) is 6.47. The van der Waals surface area contributed by atoms with Gasteiger partial charge in [0.1, 0.15) is 6.54 Å². The maximum absolute atomic E-state index is 12.6. The standard InChI is InChI=1S/C19H30N2O3/c1-4-21(5-2)19(23)16-8-7-11-20(14-16)13-15-9-10-17(22)18(12-15)24-6-3/h9-10,12,16,22H,4-8,11,13-14H2,1-3H3/p+1/t16-/m0/s1. The van der Waals surface area contributed by atoms with Crippen LogP contribution < -0.4 is 9.64 Å². The van der Waals surface area contributed by atoms with Crippen molar-refractivity contribution in [2.45, 2.75) is 40.2 Å². The fraction of sp³-hybridized carbons (Fsp3) is 0.632. The van der Waals surface area contributed by atoms with Crippen molar-refractivity contribution in [3.05, 3.63) is 23.8 Å². The van der Waals surface area contributed by atoms with E-state index in [0.717, 1.165) is 51.1 Å². The van der Waals surface area contributed by atoms with Crippen LogP contribution in [0.2, 0.25) is 0 Å². The minimum atomic E-state index is 0.136. The first-order valence-electron chi connectivity index (χ1n) is 9.16. The van der Waals surface area contributed by atoms with E-state index in [1.54, 1.807) is 6.07 Å². The smallest absolute Gasteiger partial charge is 0.231 e. The van der Waals surface area contributed by atoms with Crippen molar-refractivity contribution in [2.24, 2.45) is 5.92 Å². The lowest BCUT2D eigenvalue weighted by Crippen LogP contribution is -3.12. The molecule has 1 amide bonds. The van der Waals surface area contributed by atoms with E-state index in [-0.39, 0.29) is 11.7 Å². The number of phenols is 1. The highest BCUT2D eigenvalue weighted by Crippen LogP contribution is 2.26. The second-order valence-electron chi connectivity index (χ2n) is 6.47. The fourth-order valence-corrected chi connectivity index (χ4v) is 3.54. The number of carbonyl (C=O) groups excluding carboxylic acids is 1. The van der Waals surface area contributed by atoms with Gasteiger partial charge in [-0.05, 0) is 51.8 Å². The number of likely N-dealkylation sites (tertiary alicyclic amines) is 1. The maximum atomic E-state index is 12.6. The Kier molecular flexibility index (Phi) is 6.91. The average Bonchev–Trinajstić information content (AvgIpc) is 2.59. The van der Waals surface area contributed by atoms with Gasteiger partial charge in [0.25, 0.3) is 0 Å². The Morgan fingerprint density at radius 1 is 1.33 bits per heavy atom. The zero-order valence-corrected chi connectivity index (χ0v) is 15.2. The third kappa shape index (κ3) is 4.63. The summed E-state index contributed by atoms with van der Waals surface area (Å²) in [6.07, 6.45) is 2.09. The number of piperidine rings is 1. The molecule has 0 spiro atoms. The Balaban J connectivity index is 2.00. The molecule has 1 aliphatic rings. The first-order valence-corrected chi connectivity index (χ1v) is 9.16. The number of quaternary nitrogens is 1. The Morgan fingerprint density at radius 3 is 2.75 bits per heavy atom. The topological polar surface area (TPSA) is 54.2 Å². The van der Waals surface area contributed by atoms with E-state index in [9.17, 15) is 9.90 Å². The number of hydrogen-bond donors (Lipinski definition) is 2. The van der Waals surface area contributed by atoms with Crippen LogP contribution in [0.3, 0.4) is 0 Å². The molecular weight excluding hydrogens is 304 g/mol. The molecule has 134 valence electrons. The number of benzene rings is 1. The zero-order chi connectivity index (χ0) is 17.5. The number of aromatic hydroxyl groups is 1. The van der Waals surface area contributed by atoms with E-state index >= 15 is 0 Å². The predicted octanol–water partition coefficient (Wildman–Crippen LogP) is 1.45. The van der Waals surface area contributed by atoms with Crippen LogP contribution in [-0.4, -0.2) is 48.7 Å². The van der Waals surface area contributed by atoms with Gasteiger partial charge in [0.2, 0.25) is 5.91 Å². The van der Waals surface area contributed by atoms with Gasteiger partial charge >= 0.3 is 0 Å². The van der Waals surface area contributed by atoms with Crippen LogP contribution >= 0.6 is 0 Å². The molecular formula is C19H31N2O3+. The molecule has 0 radical (unpaired) electrons. The van der Waals surface area contributed by atoms with Crippen LogP contribution in [0.1, 0.15) is 39.2 Å². The summed E-state index contributed by atoms with van der Waals surface area (Å²) >= 11 is 0. The molecule has 5 heteroatoms. The number of nitrogens with one attached hydrogen (secondary N) is 1. The highest BCUT2D eigenvalue weighted by Gasteiger charge is 2.30. The average molecular weight is 335 g/mol. The van der Waals surface area contributed by atoms with Crippen molar-refractivity contribution in [3.8, 4) is 11.5 Å². The Hall–Kier alpha value is -1.75. The predicted molar refractivity (Wildman–Crippen MR) is 94.3 cm³/mol. The molecule has 5 nitrogen and oxygen atoms in total. The molecule has 1 heterocycles. The Morgan fingerprint density at radius 2 is 2.08 bits per heavy atom. The Labute approximate surface area is 145 Å². The van der Waals surface area contributed by atoms with E-state index in [4.69, 9.17) is 4.74 Å². The number of amides is 1. The van der Waals surface area contributed by atoms with Crippen LogP contribution in [0.25, 0.3) is 0 Å². The third-order valence-corrected chi connectivity index (χ3v) is 4.82. The minimum absolute atomic E-state index is 0.136.